The van der Waals surface area contributed by atoms with Gasteiger partial charge in [-0.3, -0.25) is 14.6 Å². The summed E-state index contributed by atoms with van der Waals surface area (Å²) in [5, 5.41) is 2.60. The van der Waals surface area contributed by atoms with E-state index < -0.39 is 12.8 Å². The van der Waals surface area contributed by atoms with E-state index in [2.05, 4.69) is 15.3 Å². The second-order valence-corrected chi connectivity index (χ2v) is 6.37. The van der Waals surface area contributed by atoms with Gasteiger partial charge in [-0.25, -0.2) is 4.98 Å². The number of alkyl halides is 3. The van der Waals surface area contributed by atoms with Crippen LogP contribution in [0.2, 0.25) is 0 Å². The van der Waals surface area contributed by atoms with E-state index in [4.69, 9.17) is 4.74 Å². The minimum atomic E-state index is -4.43. The molecule has 1 aliphatic rings. The van der Waals surface area contributed by atoms with Crippen molar-refractivity contribution in [3.8, 4) is 5.75 Å². The summed E-state index contributed by atoms with van der Waals surface area (Å²) in [5.74, 6) is -0.158. The van der Waals surface area contributed by atoms with Crippen molar-refractivity contribution in [2.24, 2.45) is 0 Å². The zero-order valence-electron chi connectivity index (χ0n) is 15.1. The number of fused-ring (bicyclic) bond motifs is 1. The number of pyridine rings is 2. The smallest absolute Gasteiger partial charge is 0.422 e. The molecule has 2 aromatic rings. The lowest BCUT2D eigenvalue weighted by Crippen LogP contribution is -2.24. The molecule has 0 spiro atoms. The highest BCUT2D eigenvalue weighted by Crippen LogP contribution is 2.29. The quantitative estimate of drug-likeness (QED) is 0.843. The Morgan fingerprint density at radius 2 is 2.11 bits per heavy atom. The van der Waals surface area contributed by atoms with Crippen molar-refractivity contribution in [1.82, 2.24) is 14.9 Å². The number of carbonyl (C=O) groups is 2. The Kier molecular flexibility index (Phi) is 5.21. The summed E-state index contributed by atoms with van der Waals surface area (Å²) < 4.78 is 41.6. The third-order valence-corrected chi connectivity index (χ3v) is 4.08. The van der Waals surface area contributed by atoms with Crippen molar-refractivity contribution in [2.75, 3.05) is 11.9 Å². The number of rotatable bonds is 5. The molecule has 0 aromatic carbocycles. The number of ether oxygens (including phenoxy) is 1. The van der Waals surface area contributed by atoms with Gasteiger partial charge < -0.3 is 15.0 Å². The van der Waals surface area contributed by atoms with E-state index >= 15 is 0 Å². The Labute approximate surface area is 158 Å². The number of anilines is 1. The predicted octanol–water partition coefficient (Wildman–Crippen LogP) is 2.84. The normalized spacial score (nSPS) is 13.5. The topological polar surface area (TPSA) is 84.4 Å². The van der Waals surface area contributed by atoms with Crippen LogP contribution in [0.15, 0.2) is 24.5 Å². The first-order chi connectivity index (χ1) is 13.1. The summed E-state index contributed by atoms with van der Waals surface area (Å²) in [7, 11) is 0. The molecule has 0 radical (unpaired) electrons. The first-order valence-electron chi connectivity index (χ1n) is 8.34. The molecule has 0 atom stereocenters. The van der Waals surface area contributed by atoms with Crippen molar-refractivity contribution in [2.45, 2.75) is 33.1 Å². The highest BCUT2D eigenvalue weighted by Gasteiger charge is 2.31. The molecule has 0 aliphatic carbocycles. The van der Waals surface area contributed by atoms with Crippen molar-refractivity contribution in [3.05, 3.63) is 46.9 Å². The molecule has 2 amide bonds. The van der Waals surface area contributed by atoms with Gasteiger partial charge in [0, 0.05) is 24.2 Å². The van der Waals surface area contributed by atoms with Crippen LogP contribution in [0.4, 0.5) is 19.0 Å². The Morgan fingerprint density at radius 1 is 1.36 bits per heavy atom. The van der Waals surface area contributed by atoms with Gasteiger partial charge in [0.25, 0.3) is 5.91 Å². The summed E-state index contributed by atoms with van der Waals surface area (Å²) in [6, 6.07) is 3.16. The molecule has 10 heteroatoms. The molecule has 7 nitrogen and oxygen atoms in total. The molecule has 0 saturated carbocycles. The lowest BCUT2D eigenvalue weighted by molar-refractivity contribution is -0.153. The number of aromatic nitrogens is 2. The van der Waals surface area contributed by atoms with Gasteiger partial charge in [-0.2, -0.15) is 13.2 Å². The van der Waals surface area contributed by atoms with Crippen LogP contribution in [-0.4, -0.2) is 39.5 Å². The van der Waals surface area contributed by atoms with Crippen molar-refractivity contribution >= 4 is 17.6 Å². The van der Waals surface area contributed by atoms with E-state index in [1.54, 1.807) is 19.1 Å². The fraction of sp³-hybridized carbons (Fsp3) is 0.333. The molecular weight excluding hydrogens is 377 g/mol. The molecule has 1 aliphatic heterocycles. The number of hydrogen-bond donors (Lipinski definition) is 1. The number of halogens is 3. The van der Waals surface area contributed by atoms with Crippen LogP contribution in [0.25, 0.3) is 0 Å². The summed E-state index contributed by atoms with van der Waals surface area (Å²) >= 11 is 0. The van der Waals surface area contributed by atoms with Gasteiger partial charge in [0.05, 0.1) is 25.0 Å². The average molecular weight is 394 g/mol. The van der Waals surface area contributed by atoms with Crippen LogP contribution in [0, 0.1) is 6.92 Å². The fourth-order valence-electron chi connectivity index (χ4n) is 2.88. The van der Waals surface area contributed by atoms with E-state index in [0.717, 1.165) is 0 Å². The van der Waals surface area contributed by atoms with E-state index in [0.29, 0.717) is 28.2 Å². The SMILES string of the molecule is CC(=O)Nc1nccc2c1CN(Cc1cc(C)c(OCC(F)(F)F)cn1)C2=O. The molecule has 0 unspecified atom stereocenters. The lowest BCUT2D eigenvalue weighted by atomic mass is 10.1. The van der Waals surface area contributed by atoms with Gasteiger partial charge in [-0.1, -0.05) is 0 Å². The zero-order chi connectivity index (χ0) is 20.5. The summed E-state index contributed by atoms with van der Waals surface area (Å²) in [6.45, 7) is 1.97. The minimum Gasteiger partial charge on any atom is -0.482 e. The van der Waals surface area contributed by atoms with E-state index in [-0.39, 0.29) is 30.7 Å². The first-order valence-corrected chi connectivity index (χ1v) is 8.34. The number of nitrogens with zero attached hydrogens (tertiary/aromatic N) is 3. The number of carbonyl (C=O) groups excluding carboxylic acids is 2. The molecule has 2 aromatic heterocycles. The third kappa shape index (κ3) is 4.38. The van der Waals surface area contributed by atoms with Gasteiger partial charge >= 0.3 is 6.18 Å². The second-order valence-electron chi connectivity index (χ2n) is 6.37. The number of nitrogens with one attached hydrogen (secondary N) is 1. The van der Waals surface area contributed by atoms with Gasteiger partial charge in [0.1, 0.15) is 11.6 Å². The Morgan fingerprint density at radius 3 is 2.75 bits per heavy atom. The third-order valence-electron chi connectivity index (χ3n) is 4.08. The van der Waals surface area contributed by atoms with Crippen LogP contribution >= 0.6 is 0 Å². The number of aryl methyl sites for hydroxylation is 1. The molecule has 28 heavy (non-hydrogen) atoms. The van der Waals surface area contributed by atoms with E-state index in [1.807, 2.05) is 0 Å². The molecule has 0 bridgehead atoms. The van der Waals surface area contributed by atoms with E-state index in [9.17, 15) is 22.8 Å². The second kappa shape index (κ2) is 7.45. The standard InChI is InChI=1S/C18H17F3N4O3/c1-10-5-12(23-6-15(10)28-9-18(19,20)21)7-25-8-14-13(17(25)27)3-4-22-16(14)24-11(2)26/h3-6H,7-9H2,1-2H3,(H,22,24,26). The van der Waals surface area contributed by atoms with Crippen molar-refractivity contribution < 1.29 is 27.5 Å². The Hall–Kier alpha value is -3.17. The largest absolute Gasteiger partial charge is 0.482 e. The van der Waals surface area contributed by atoms with Gasteiger partial charge in [-0.05, 0) is 24.6 Å². The average Bonchev–Trinajstić information content (AvgIpc) is 2.90. The minimum absolute atomic E-state index is 0.0363. The van der Waals surface area contributed by atoms with Crippen molar-refractivity contribution in [3.63, 3.8) is 0 Å². The highest BCUT2D eigenvalue weighted by atomic mass is 19.4. The molecule has 0 fully saturated rings. The summed E-state index contributed by atoms with van der Waals surface area (Å²) in [5.41, 5.74) is 2.05. The molecule has 3 rings (SSSR count). The first kappa shape index (κ1) is 19.6. The highest BCUT2D eigenvalue weighted by molar-refractivity contribution is 6.01. The van der Waals surface area contributed by atoms with Gasteiger partial charge in [0.15, 0.2) is 6.61 Å². The maximum absolute atomic E-state index is 12.6. The summed E-state index contributed by atoms with van der Waals surface area (Å²) in [6.07, 6.45) is -1.77. The summed E-state index contributed by atoms with van der Waals surface area (Å²) in [4.78, 5) is 33.6. The van der Waals surface area contributed by atoms with Crippen LogP contribution in [0.3, 0.4) is 0 Å². The van der Waals surface area contributed by atoms with Gasteiger partial charge in [0.2, 0.25) is 5.91 Å². The Bertz CT molecular complexity index is 931. The van der Waals surface area contributed by atoms with Crippen LogP contribution in [-0.2, 0) is 17.9 Å². The van der Waals surface area contributed by atoms with E-state index in [1.165, 1.54) is 24.2 Å². The molecular formula is C18H17F3N4O3. The van der Waals surface area contributed by atoms with Gasteiger partial charge in [-0.15, -0.1) is 0 Å². The Balaban J connectivity index is 1.73. The van der Waals surface area contributed by atoms with Crippen LogP contribution < -0.4 is 10.1 Å². The maximum atomic E-state index is 12.6. The maximum Gasteiger partial charge on any atom is 0.422 e. The monoisotopic (exact) mass is 394 g/mol. The fourth-order valence-corrected chi connectivity index (χ4v) is 2.88. The van der Waals surface area contributed by atoms with Crippen molar-refractivity contribution in [1.29, 1.82) is 0 Å². The van der Waals surface area contributed by atoms with Crippen LogP contribution in [0.5, 0.6) is 5.75 Å². The molecule has 3 heterocycles. The number of hydrogen-bond acceptors (Lipinski definition) is 5. The molecule has 0 saturated heterocycles. The molecule has 1 N–H and O–H groups in total. The molecule has 148 valence electrons. The number of amides is 2. The lowest BCUT2D eigenvalue weighted by Gasteiger charge is -2.16. The predicted molar refractivity (Wildman–Crippen MR) is 92.6 cm³/mol. The zero-order valence-corrected chi connectivity index (χ0v) is 15.1. The van der Waals surface area contributed by atoms with Crippen LogP contribution in [0.1, 0.15) is 34.1 Å².